The van der Waals surface area contributed by atoms with E-state index >= 15 is 0 Å². The van der Waals surface area contributed by atoms with Crippen molar-refractivity contribution in [1.82, 2.24) is 13.9 Å². The molecule has 0 aliphatic carbocycles. The van der Waals surface area contributed by atoms with Crippen LogP contribution in [-0.4, -0.2) is 19.8 Å². The Balaban J connectivity index is 1.60. The lowest BCUT2D eigenvalue weighted by Gasteiger charge is -2.07. The summed E-state index contributed by atoms with van der Waals surface area (Å²) >= 11 is 1.07. The van der Waals surface area contributed by atoms with Gasteiger partial charge in [0.25, 0.3) is 5.56 Å². The van der Waals surface area contributed by atoms with E-state index < -0.39 is 11.7 Å². The molecule has 0 unspecified atom stereocenters. The molecule has 0 atom stereocenters. The highest BCUT2D eigenvalue weighted by atomic mass is 32.1. The molecule has 0 bridgehead atoms. The van der Waals surface area contributed by atoms with Crippen molar-refractivity contribution in [2.75, 3.05) is 5.32 Å². The molecule has 2 aromatic heterocycles. The van der Waals surface area contributed by atoms with E-state index in [0.29, 0.717) is 21.6 Å². The van der Waals surface area contributed by atoms with Crippen LogP contribution in [0.5, 0.6) is 0 Å². The fraction of sp³-hybridized carbons (Fsp3) is 0.100. The number of amides is 1. The number of carbonyl (C=O) groups excluding carboxylic acids is 1. The number of aryl methyl sites for hydroxylation is 1. The lowest BCUT2D eigenvalue weighted by molar-refractivity contribution is -0.116. The molecular formula is C20H15FN4O2S. The van der Waals surface area contributed by atoms with Gasteiger partial charge in [0.05, 0.1) is 6.33 Å². The van der Waals surface area contributed by atoms with E-state index in [9.17, 15) is 14.0 Å². The van der Waals surface area contributed by atoms with Crippen LogP contribution in [0.2, 0.25) is 0 Å². The maximum atomic E-state index is 12.9. The van der Waals surface area contributed by atoms with Gasteiger partial charge in [-0.3, -0.25) is 14.2 Å². The zero-order chi connectivity index (χ0) is 19.7. The molecule has 140 valence electrons. The number of aromatic nitrogens is 3. The van der Waals surface area contributed by atoms with Crippen LogP contribution in [0, 0.1) is 12.7 Å². The van der Waals surface area contributed by atoms with Crippen LogP contribution < -0.4 is 10.9 Å². The Morgan fingerprint density at radius 3 is 2.57 bits per heavy atom. The molecule has 0 saturated heterocycles. The van der Waals surface area contributed by atoms with Crippen molar-refractivity contribution in [2.24, 2.45) is 0 Å². The third-order valence-corrected chi connectivity index (χ3v) is 5.04. The number of halogens is 1. The Morgan fingerprint density at radius 1 is 1.14 bits per heavy atom. The quantitative estimate of drug-likeness (QED) is 0.574. The maximum Gasteiger partial charge on any atom is 0.273 e. The summed E-state index contributed by atoms with van der Waals surface area (Å²) in [4.78, 5) is 29.3. The van der Waals surface area contributed by atoms with Crippen molar-refractivity contribution in [3.63, 3.8) is 0 Å². The first kappa shape index (κ1) is 18.0. The molecule has 8 heteroatoms. The van der Waals surface area contributed by atoms with Crippen LogP contribution in [0.3, 0.4) is 0 Å². The van der Waals surface area contributed by atoms with Crippen LogP contribution >= 0.6 is 11.5 Å². The monoisotopic (exact) mass is 394 g/mol. The average Bonchev–Trinajstić information content (AvgIpc) is 3.11. The summed E-state index contributed by atoms with van der Waals surface area (Å²) in [5.41, 5.74) is 3.32. The molecule has 6 nitrogen and oxygen atoms in total. The number of fused-ring (bicyclic) bond motifs is 1. The Hall–Kier alpha value is -3.39. The predicted octanol–water partition coefficient (Wildman–Crippen LogP) is 3.61. The minimum absolute atomic E-state index is 0.198. The maximum absolute atomic E-state index is 12.9. The second-order valence-electron chi connectivity index (χ2n) is 6.31. The fourth-order valence-corrected chi connectivity index (χ4v) is 3.56. The molecule has 1 N–H and O–H groups in total. The highest BCUT2D eigenvalue weighted by Crippen LogP contribution is 2.27. The smallest absolute Gasteiger partial charge is 0.273 e. The highest BCUT2D eigenvalue weighted by molar-refractivity contribution is 7.13. The summed E-state index contributed by atoms with van der Waals surface area (Å²) < 4.78 is 19.0. The molecule has 0 fully saturated rings. The molecule has 0 aliphatic rings. The van der Waals surface area contributed by atoms with Gasteiger partial charge in [-0.25, -0.2) is 9.37 Å². The fourth-order valence-electron chi connectivity index (χ4n) is 2.76. The van der Waals surface area contributed by atoms with Gasteiger partial charge in [-0.15, -0.1) is 0 Å². The minimum Gasteiger partial charge on any atom is -0.325 e. The standard InChI is InChI=1S/C20H15FN4O2S/c1-12-2-4-13(5-3-12)17-18-19(28-24-17)20(27)25(11-22-18)10-16(26)23-15-8-6-14(21)7-9-15/h2-9,11H,10H2,1H3,(H,23,26). The number of nitrogens with zero attached hydrogens (tertiary/aromatic N) is 3. The summed E-state index contributed by atoms with van der Waals surface area (Å²) in [5, 5.41) is 2.62. The van der Waals surface area contributed by atoms with Crippen molar-refractivity contribution in [1.29, 1.82) is 0 Å². The number of anilines is 1. The lowest BCUT2D eigenvalue weighted by Crippen LogP contribution is -2.27. The summed E-state index contributed by atoms with van der Waals surface area (Å²) in [6.45, 7) is 1.80. The normalized spacial score (nSPS) is 10.9. The van der Waals surface area contributed by atoms with E-state index in [2.05, 4.69) is 14.7 Å². The minimum atomic E-state index is -0.405. The average molecular weight is 394 g/mol. The highest BCUT2D eigenvalue weighted by Gasteiger charge is 2.15. The van der Waals surface area contributed by atoms with Gasteiger partial charge in [0, 0.05) is 11.3 Å². The molecule has 2 heterocycles. The number of hydrogen-bond acceptors (Lipinski definition) is 5. The topological polar surface area (TPSA) is 76.9 Å². The van der Waals surface area contributed by atoms with Gasteiger partial charge < -0.3 is 5.32 Å². The van der Waals surface area contributed by atoms with E-state index in [1.807, 2.05) is 31.2 Å². The first-order valence-electron chi connectivity index (χ1n) is 8.48. The summed E-state index contributed by atoms with van der Waals surface area (Å²) in [6.07, 6.45) is 1.35. The summed E-state index contributed by atoms with van der Waals surface area (Å²) in [7, 11) is 0. The first-order chi connectivity index (χ1) is 13.5. The molecule has 4 rings (SSSR count). The zero-order valence-electron chi connectivity index (χ0n) is 14.8. The van der Waals surface area contributed by atoms with Crippen LogP contribution in [-0.2, 0) is 11.3 Å². The van der Waals surface area contributed by atoms with Gasteiger partial charge in [-0.2, -0.15) is 4.37 Å². The van der Waals surface area contributed by atoms with Crippen molar-refractivity contribution < 1.29 is 9.18 Å². The Bertz CT molecular complexity index is 1210. The lowest BCUT2D eigenvalue weighted by atomic mass is 10.1. The number of carbonyl (C=O) groups is 1. The number of rotatable bonds is 4. The molecule has 2 aromatic carbocycles. The molecule has 28 heavy (non-hydrogen) atoms. The third kappa shape index (κ3) is 3.54. The van der Waals surface area contributed by atoms with E-state index in [1.54, 1.807) is 0 Å². The van der Waals surface area contributed by atoms with Crippen LogP contribution in [0.4, 0.5) is 10.1 Å². The Kier molecular flexibility index (Phi) is 4.70. The van der Waals surface area contributed by atoms with Gasteiger partial charge in [-0.05, 0) is 42.7 Å². The molecule has 0 radical (unpaired) electrons. The van der Waals surface area contributed by atoms with Crippen LogP contribution in [0.1, 0.15) is 5.56 Å². The van der Waals surface area contributed by atoms with Crippen molar-refractivity contribution in [2.45, 2.75) is 13.5 Å². The van der Waals surface area contributed by atoms with E-state index in [0.717, 1.165) is 22.7 Å². The number of nitrogens with one attached hydrogen (secondary N) is 1. The van der Waals surface area contributed by atoms with E-state index in [4.69, 9.17) is 0 Å². The SMILES string of the molecule is Cc1ccc(-c2nsc3c(=O)n(CC(=O)Nc4ccc(F)cc4)cnc23)cc1. The molecule has 0 spiro atoms. The summed E-state index contributed by atoms with van der Waals surface area (Å²) in [5.74, 6) is -0.795. The second kappa shape index (κ2) is 7.32. The van der Waals surface area contributed by atoms with Gasteiger partial charge >= 0.3 is 0 Å². The Morgan fingerprint density at radius 2 is 1.86 bits per heavy atom. The molecule has 0 saturated carbocycles. The van der Waals surface area contributed by atoms with Crippen LogP contribution in [0.15, 0.2) is 59.7 Å². The molecule has 4 aromatic rings. The summed E-state index contributed by atoms with van der Waals surface area (Å²) in [6, 6.07) is 13.2. The van der Waals surface area contributed by atoms with Crippen LogP contribution in [0.25, 0.3) is 21.5 Å². The van der Waals surface area contributed by atoms with Gasteiger partial charge in [0.2, 0.25) is 5.91 Å². The first-order valence-corrected chi connectivity index (χ1v) is 9.26. The third-order valence-electron chi connectivity index (χ3n) is 4.22. The Labute approximate surface area is 163 Å². The van der Waals surface area contributed by atoms with Gasteiger partial charge in [0.1, 0.15) is 28.3 Å². The van der Waals surface area contributed by atoms with Gasteiger partial charge in [0.15, 0.2) is 0 Å². The molecular weight excluding hydrogens is 379 g/mol. The van der Waals surface area contributed by atoms with E-state index in [-0.39, 0.29) is 12.1 Å². The van der Waals surface area contributed by atoms with Crippen molar-refractivity contribution >= 4 is 33.3 Å². The van der Waals surface area contributed by atoms with Crippen molar-refractivity contribution in [3.8, 4) is 11.3 Å². The second-order valence-corrected chi connectivity index (χ2v) is 7.08. The zero-order valence-corrected chi connectivity index (χ0v) is 15.7. The van der Waals surface area contributed by atoms with Gasteiger partial charge in [-0.1, -0.05) is 29.8 Å². The van der Waals surface area contributed by atoms with Crippen molar-refractivity contribution in [3.05, 3.63) is 76.6 Å². The predicted molar refractivity (Wildman–Crippen MR) is 107 cm³/mol. The van der Waals surface area contributed by atoms with E-state index in [1.165, 1.54) is 35.2 Å². The number of hydrogen-bond donors (Lipinski definition) is 1. The molecule has 1 amide bonds. The molecule has 0 aliphatic heterocycles. The largest absolute Gasteiger partial charge is 0.325 e. The number of benzene rings is 2.